The zero-order valence-corrected chi connectivity index (χ0v) is 11.9. The van der Waals surface area contributed by atoms with E-state index in [9.17, 15) is 9.59 Å². The molecule has 4 rings (SSSR count). The molecule has 23 heavy (non-hydrogen) atoms. The van der Waals surface area contributed by atoms with Crippen LogP contribution in [0.4, 0.5) is 5.82 Å². The van der Waals surface area contributed by atoms with E-state index < -0.39 is 5.97 Å². The van der Waals surface area contributed by atoms with Crippen LogP contribution in [0.1, 0.15) is 23.3 Å². The van der Waals surface area contributed by atoms with Crippen LogP contribution in [0.5, 0.6) is 0 Å². The van der Waals surface area contributed by atoms with Crippen LogP contribution in [0.2, 0.25) is 0 Å². The number of imidazole rings is 1. The number of fused-ring (bicyclic) bond motifs is 1. The van der Waals surface area contributed by atoms with E-state index in [2.05, 4.69) is 20.4 Å². The molecule has 3 aromatic rings. The first-order chi connectivity index (χ1) is 11.1. The second-order valence-corrected chi connectivity index (χ2v) is 5.35. The van der Waals surface area contributed by atoms with E-state index in [1.165, 1.54) is 23.1 Å². The van der Waals surface area contributed by atoms with Gasteiger partial charge >= 0.3 is 5.97 Å². The predicted molar refractivity (Wildman–Crippen MR) is 78.4 cm³/mol. The Morgan fingerprint density at radius 3 is 2.83 bits per heavy atom. The molecule has 3 aromatic heterocycles. The molecule has 0 unspecified atom stereocenters. The van der Waals surface area contributed by atoms with Crippen molar-refractivity contribution < 1.29 is 14.7 Å². The maximum atomic E-state index is 11.8. The first-order valence-corrected chi connectivity index (χ1v) is 7.05. The van der Waals surface area contributed by atoms with Crippen molar-refractivity contribution in [1.82, 2.24) is 24.1 Å². The second-order valence-electron chi connectivity index (χ2n) is 5.35. The van der Waals surface area contributed by atoms with Crippen LogP contribution in [0.15, 0.2) is 30.9 Å². The van der Waals surface area contributed by atoms with E-state index in [0.29, 0.717) is 17.3 Å². The molecule has 1 aliphatic rings. The standard InChI is InChI=1S/C14H12N6O3/c21-13(8-1-2-8)17-10-6-19-7-12(15-5-11(19)16-10)20-4-3-9(18-20)14(22)23/h3-8H,1-2H2,(H,17,21)(H,22,23). The molecule has 0 aromatic carbocycles. The van der Waals surface area contributed by atoms with Gasteiger partial charge in [-0.3, -0.25) is 9.20 Å². The molecular formula is C14H12N6O3. The van der Waals surface area contributed by atoms with Crippen LogP contribution < -0.4 is 5.32 Å². The van der Waals surface area contributed by atoms with Crippen molar-refractivity contribution in [2.24, 2.45) is 5.92 Å². The Hall–Kier alpha value is -3.23. The molecule has 0 aliphatic heterocycles. The van der Waals surface area contributed by atoms with E-state index in [1.807, 2.05) is 0 Å². The number of nitrogens with one attached hydrogen (secondary N) is 1. The van der Waals surface area contributed by atoms with Gasteiger partial charge in [-0.1, -0.05) is 0 Å². The van der Waals surface area contributed by atoms with Crippen molar-refractivity contribution in [1.29, 1.82) is 0 Å². The molecular weight excluding hydrogens is 300 g/mol. The molecule has 0 saturated heterocycles. The Kier molecular flexibility index (Phi) is 2.86. The summed E-state index contributed by atoms with van der Waals surface area (Å²) in [5.41, 5.74) is 0.514. The number of hydrogen-bond acceptors (Lipinski definition) is 5. The lowest BCUT2D eigenvalue weighted by Crippen LogP contribution is -2.13. The van der Waals surface area contributed by atoms with Gasteiger partial charge in [-0.15, -0.1) is 0 Å². The van der Waals surface area contributed by atoms with Gasteiger partial charge in [0.1, 0.15) is 0 Å². The lowest BCUT2D eigenvalue weighted by Gasteiger charge is -2.00. The summed E-state index contributed by atoms with van der Waals surface area (Å²) < 4.78 is 3.07. The zero-order valence-electron chi connectivity index (χ0n) is 11.9. The van der Waals surface area contributed by atoms with E-state index in [1.54, 1.807) is 16.8 Å². The molecule has 2 N–H and O–H groups in total. The molecule has 1 amide bonds. The summed E-state index contributed by atoms with van der Waals surface area (Å²) in [6, 6.07) is 1.39. The van der Waals surface area contributed by atoms with Crippen molar-refractivity contribution in [3.05, 3.63) is 36.5 Å². The Morgan fingerprint density at radius 1 is 1.30 bits per heavy atom. The molecule has 9 heteroatoms. The van der Waals surface area contributed by atoms with E-state index in [4.69, 9.17) is 5.11 Å². The van der Waals surface area contributed by atoms with Gasteiger partial charge in [0.05, 0.1) is 18.6 Å². The highest BCUT2D eigenvalue weighted by atomic mass is 16.4. The van der Waals surface area contributed by atoms with Gasteiger partial charge in [-0.2, -0.15) is 5.10 Å². The topological polar surface area (TPSA) is 114 Å². The van der Waals surface area contributed by atoms with Crippen LogP contribution >= 0.6 is 0 Å². The van der Waals surface area contributed by atoms with Gasteiger partial charge < -0.3 is 10.4 Å². The molecule has 1 fully saturated rings. The summed E-state index contributed by atoms with van der Waals surface area (Å²) >= 11 is 0. The average Bonchev–Trinajstić information content (AvgIpc) is 3.11. The van der Waals surface area contributed by atoms with Crippen molar-refractivity contribution >= 4 is 23.3 Å². The zero-order chi connectivity index (χ0) is 16.0. The van der Waals surface area contributed by atoms with Gasteiger partial charge in [0, 0.05) is 12.1 Å². The number of carboxylic acid groups (broad SMARTS) is 1. The minimum Gasteiger partial charge on any atom is -0.476 e. The molecule has 0 radical (unpaired) electrons. The Balaban J connectivity index is 1.64. The third-order valence-corrected chi connectivity index (χ3v) is 3.57. The number of carboxylic acids is 1. The number of hydrogen-bond donors (Lipinski definition) is 2. The highest BCUT2D eigenvalue weighted by molar-refractivity contribution is 5.93. The summed E-state index contributed by atoms with van der Waals surface area (Å²) in [6.07, 6.45) is 8.25. The Bertz CT molecular complexity index is 924. The van der Waals surface area contributed by atoms with Crippen molar-refractivity contribution in [2.45, 2.75) is 12.8 Å². The Labute approximate surface area is 129 Å². The van der Waals surface area contributed by atoms with E-state index in [-0.39, 0.29) is 17.5 Å². The highest BCUT2D eigenvalue weighted by Crippen LogP contribution is 2.30. The van der Waals surface area contributed by atoms with Gasteiger partial charge in [0.2, 0.25) is 5.91 Å². The summed E-state index contributed by atoms with van der Waals surface area (Å²) in [4.78, 5) is 31.1. The first kappa shape index (κ1) is 13.4. The van der Waals surface area contributed by atoms with E-state index >= 15 is 0 Å². The molecule has 0 spiro atoms. The molecule has 1 saturated carbocycles. The number of aromatic carboxylic acids is 1. The minimum atomic E-state index is -1.10. The molecule has 0 bridgehead atoms. The highest BCUT2D eigenvalue weighted by Gasteiger charge is 2.30. The SMILES string of the molecule is O=C(O)c1ccn(-c2cn3cc(NC(=O)C4CC4)nc3cn2)n1. The lowest BCUT2D eigenvalue weighted by molar-refractivity contribution is -0.117. The predicted octanol–water partition coefficient (Wildman–Crippen LogP) is 0.962. The number of aromatic nitrogens is 5. The number of carbonyl (C=O) groups is 2. The summed E-state index contributed by atoms with van der Waals surface area (Å²) in [6.45, 7) is 0. The fraction of sp³-hybridized carbons (Fsp3) is 0.214. The third-order valence-electron chi connectivity index (χ3n) is 3.57. The third kappa shape index (κ3) is 2.52. The van der Waals surface area contributed by atoms with E-state index in [0.717, 1.165) is 12.8 Å². The van der Waals surface area contributed by atoms with Crippen LogP contribution in [0, 0.1) is 5.92 Å². The van der Waals surface area contributed by atoms with Crippen LogP contribution in [-0.2, 0) is 4.79 Å². The second kappa shape index (κ2) is 4.90. The number of anilines is 1. The molecule has 116 valence electrons. The van der Waals surface area contributed by atoms with Crippen LogP contribution in [0.3, 0.4) is 0 Å². The fourth-order valence-electron chi connectivity index (χ4n) is 2.21. The van der Waals surface area contributed by atoms with Crippen molar-refractivity contribution in [2.75, 3.05) is 5.32 Å². The molecule has 9 nitrogen and oxygen atoms in total. The molecule has 3 heterocycles. The van der Waals surface area contributed by atoms with Gasteiger partial charge in [0.15, 0.2) is 23.0 Å². The average molecular weight is 312 g/mol. The maximum Gasteiger partial charge on any atom is 0.356 e. The maximum absolute atomic E-state index is 11.8. The monoisotopic (exact) mass is 312 g/mol. The smallest absolute Gasteiger partial charge is 0.356 e. The Morgan fingerprint density at radius 2 is 2.13 bits per heavy atom. The largest absolute Gasteiger partial charge is 0.476 e. The van der Waals surface area contributed by atoms with Crippen LogP contribution in [-0.4, -0.2) is 41.1 Å². The van der Waals surface area contributed by atoms with Gasteiger partial charge in [-0.05, 0) is 18.9 Å². The summed E-state index contributed by atoms with van der Waals surface area (Å²) in [5, 5.41) is 15.6. The number of nitrogens with zero attached hydrogens (tertiary/aromatic N) is 5. The van der Waals surface area contributed by atoms with Gasteiger partial charge in [-0.25, -0.2) is 19.4 Å². The quantitative estimate of drug-likeness (QED) is 0.741. The van der Waals surface area contributed by atoms with Crippen LogP contribution in [0.25, 0.3) is 11.5 Å². The fourth-order valence-corrected chi connectivity index (χ4v) is 2.21. The summed E-state index contributed by atoms with van der Waals surface area (Å²) in [5.74, 6) is -0.0979. The minimum absolute atomic E-state index is 0.0141. The normalized spacial score (nSPS) is 14.1. The molecule has 1 aliphatic carbocycles. The number of rotatable bonds is 4. The number of amides is 1. The summed E-state index contributed by atoms with van der Waals surface area (Å²) in [7, 11) is 0. The van der Waals surface area contributed by atoms with Crippen molar-refractivity contribution in [3.8, 4) is 5.82 Å². The first-order valence-electron chi connectivity index (χ1n) is 7.05. The van der Waals surface area contributed by atoms with Crippen molar-refractivity contribution in [3.63, 3.8) is 0 Å². The van der Waals surface area contributed by atoms with Gasteiger partial charge in [0.25, 0.3) is 0 Å². The lowest BCUT2D eigenvalue weighted by atomic mass is 10.4. The molecule has 0 atom stereocenters. The number of carbonyl (C=O) groups excluding carboxylic acids is 1.